The minimum Gasteiger partial charge on any atom is -0.434 e. The Hall–Kier alpha value is -0.910. The summed E-state index contributed by atoms with van der Waals surface area (Å²) in [5, 5.41) is 3.76. The van der Waals surface area contributed by atoms with Crippen LogP contribution in [-0.4, -0.2) is 37.7 Å². The Balaban J connectivity index is 1.82. The minimum atomic E-state index is -2.82. The van der Waals surface area contributed by atoms with Gasteiger partial charge in [-0.25, -0.2) is 0 Å². The van der Waals surface area contributed by atoms with Gasteiger partial charge in [0, 0.05) is 30.2 Å². The van der Waals surface area contributed by atoms with Gasteiger partial charge in [0.1, 0.15) is 5.75 Å². The number of halogens is 3. The predicted molar refractivity (Wildman–Crippen MR) is 75.5 cm³/mol. The van der Waals surface area contributed by atoms with E-state index in [1.54, 1.807) is 12.1 Å². The zero-order chi connectivity index (χ0) is 14.4. The molecule has 1 aromatic carbocycles. The van der Waals surface area contributed by atoms with Crippen molar-refractivity contribution in [2.45, 2.75) is 26.0 Å². The fourth-order valence-electron chi connectivity index (χ4n) is 2.36. The van der Waals surface area contributed by atoms with E-state index in [0.29, 0.717) is 17.1 Å². The maximum absolute atomic E-state index is 12.3. The Morgan fingerprint density at radius 1 is 1.30 bits per heavy atom. The summed E-state index contributed by atoms with van der Waals surface area (Å²) in [5.41, 5.74) is 0.652. The van der Waals surface area contributed by atoms with Gasteiger partial charge in [-0.2, -0.15) is 8.78 Å². The van der Waals surface area contributed by atoms with Crippen molar-refractivity contribution in [3.05, 3.63) is 28.8 Å². The average molecular weight is 305 g/mol. The van der Waals surface area contributed by atoms with Crippen LogP contribution in [0.1, 0.15) is 18.4 Å². The molecule has 1 saturated heterocycles. The van der Waals surface area contributed by atoms with E-state index in [4.69, 9.17) is 11.6 Å². The summed E-state index contributed by atoms with van der Waals surface area (Å²) in [6, 6.07) is 4.68. The second-order valence-corrected chi connectivity index (χ2v) is 5.29. The summed E-state index contributed by atoms with van der Waals surface area (Å²) in [5.74, 6) is 0.179. The van der Waals surface area contributed by atoms with Crippen LogP contribution in [0, 0.1) is 0 Å². The standard InChI is InChI=1S/C14H19ClF2N2O/c15-12-3-4-13(20-14(16)17)11(9-12)10-18-5-8-19-6-1-2-7-19/h3-4,9,14,18H,1-2,5-8,10H2. The summed E-state index contributed by atoms with van der Waals surface area (Å²) in [7, 11) is 0. The topological polar surface area (TPSA) is 24.5 Å². The van der Waals surface area contributed by atoms with Gasteiger partial charge in [0.25, 0.3) is 0 Å². The molecule has 2 rings (SSSR count). The highest BCUT2D eigenvalue weighted by atomic mass is 35.5. The summed E-state index contributed by atoms with van der Waals surface area (Å²) < 4.78 is 29.1. The van der Waals surface area contributed by atoms with Gasteiger partial charge < -0.3 is 15.0 Å². The summed E-state index contributed by atoms with van der Waals surface area (Å²) >= 11 is 5.89. The van der Waals surface area contributed by atoms with E-state index in [1.165, 1.54) is 18.9 Å². The van der Waals surface area contributed by atoms with Crippen molar-refractivity contribution in [2.75, 3.05) is 26.2 Å². The molecule has 1 aliphatic rings. The lowest BCUT2D eigenvalue weighted by molar-refractivity contribution is -0.0504. The van der Waals surface area contributed by atoms with Gasteiger partial charge in [0.15, 0.2) is 0 Å². The lowest BCUT2D eigenvalue weighted by Crippen LogP contribution is -2.29. The second-order valence-electron chi connectivity index (χ2n) is 4.86. The van der Waals surface area contributed by atoms with Crippen molar-refractivity contribution >= 4 is 11.6 Å². The van der Waals surface area contributed by atoms with Gasteiger partial charge >= 0.3 is 6.61 Å². The number of ether oxygens (including phenoxy) is 1. The zero-order valence-corrected chi connectivity index (χ0v) is 12.0. The molecule has 1 fully saturated rings. The molecule has 1 N–H and O–H groups in total. The summed E-state index contributed by atoms with van der Waals surface area (Å²) in [4.78, 5) is 2.39. The first-order valence-electron chi connectivity index (χ1n) is 6.81. The van der Waals surface area contributed by atoms with Crippen molar-refractivity contribution in [3.63, 3.8) is 0 Å². The van der Waals surface area contributed by atoms with E-state index in [0.717, 1.165) is 26.2 Å². The molecule has 0 bridgehead atoms. The molecular weight excluding hydrogens is 286 g/mol. The highest BCUT2D eigenvalue weighted by molar-refractivity contribution is 6.30. The number of benzene rings is 1. The van der Waals surface area contributed by atoms with Crippen LogP contribution in [0.5, 0.6) is 5.75 Å². The summed E-state index contributed by atoms with van der Waals surface area (Å²) in [6.07, 6.45) is 2.53. The molecule has 0 amide bonds. The number of hydrogen-bond donors (Lipinski definition) is 1. The Kier molecular flexibility index (Phi) is 6.01. The Morgan fingerprint density at radius 3 is 2.75 bits per heavy atom. The van der Waals surface area contributed by atoms with Gasteiger partial charge in [-0.15, -0.1) is 0 Å². The van der Waals surface area contributed by atoms with Gasteiger partial charge in [-0.3, -0.25) is 0 Å². The number of hydrogen-bond acceptors (Lipinski definition) is 3. The first kappa shape index (κ1) is 15.5. The lowest BCUT2D eigenvalue weighted by atomic mass is 10.2. The van der Waals surface area contributed by atoms with Gasteiger partial charge in [0.2, 0.25) is 0 Å². The fourth-order valence-corrected chi connectivity index (χ4v) is 2.56. The maximum Gasteiger partial charge on any atom is 0.387 e. The third-order valence-electron chi connectivity index (χ3n) is 3.36. The molecule has 0 spiro atoms. The molecule has 0 aliphatic carbocycles. The van der Waals surface area contributed by atoms with Gasteiger partial charge in [-0.05, 0) is 44.1 Å². The normalized spacial score (nSPS) is 16.0. The molecule has 3 nitrogen and oxygen atoms in total. The van der Waals surface area contributed by atoms with Crippen molar-refractivity contribution in [1.82, 2.24) is 10.2 Å². The molecule has 20 heavy (non-hydrogen) atoms. The van der Waals surface area contributed by atoms with Crippen LogP contribution in [0.25, 0.3) is 0 Å². The van der Waals surface area contributed by atoms with Crippen molar-refractivity contribution in [3.8, 4) is 5.75 Å². The maximum atomic E-state index is 12.3. The Bertz CT molecular complexity index is 426. The van der Waals surface area contributed by atoms with Crippen molar-refractivity contribution < 1.29 is 13.5 Å². The molecule has 1 aliphatic heterocycles. The largest absolute Gasteiger partial charge is 0.434 e. The third kappa shape index (κ3) is 4.89. The molecule has 0 radical (unpaired) electrons. The Labute approximate surface area is 122 Å². The summed E-state index contributed by atoms with van der Waals surface area (Å²) in [6.45, 7) is 1.75. The molecule has 1 aromatic rings. The number of likely N-dealkylation sites (tertiary alicyclic amines) is 1. The third-order valence-corrected chi connectivity index (χ3v) is 3.59. The predicted octanol–water partition coefficient (Wildman–Crippen LogP) is 3.13. The molecule has 0 unspecified atom stereocenters. The van der Waals surface area contributed by atoms with Crippen LogP contribution in [0.15, 0.2) is 18.2 Å². The van der Waals surface area contributed by atoms with Crippen LogP contribution in [0.2, 0.25) is 5.02 Å². The first-order chi connectivity index (χ1) is 9.65. The molecular formula is C14H19ClF2N2O. The van der Waals surface area contributed by atoms with Crippen LogP contribution >= 0.6 is 11.6 Å². The molecule has 0 aromatic heterocycles. The molecule has 112 valence electrons. The fraction of sp³-hybridized carbons (Fsp3) is 0.571. The molecule has 1 heterocycles. The van der Waals surface area contributed by atoms with E-state index < -0.39 is 6.61 Å². The zero-order valence-electron chi connectivity index (χ0n) is 11.2. The first-order valence-corrected chi connectivity index (χ1v) is 7.19. The van der Waals surface area contributed by atoms with E-state index in [9.17, 15) is 8.78 Å². The number of rotatable bonds is 7. The smallest absolute Gasteiger partial charge is 0.387 e. The quantitative estimate of drug-likeness (QED) is 0.783. The van der Waals surface area contributed by atoms with Gasteiger partial charge in [0.05, 0.1) is 0 Å². The minimum absolute atomic E-state index is 0.179. The van der Waals surface area contributed by atoms with Crippen LogP contribution in [0.3, 0.4) is 0 Å². The van der Waals surface area contributed by atoms with E-state index in [-0.39, 0.29) is 5.75 Å². The van der Waals surface area contributed by atoms with E-state index >= 15 is 0 Å². The van der Waals surface area contributed by atoms with E-state index in [2.05, 4.69) is 15.0 Å². The van der Waals surface area contributed by atoms with Crippen LogP contribution in [0.4, 0.5) is 8.78 Å². The van der Waals surface area contributed by atoms with Crippen LogP contribution in [-0.2, 0) is 6.54 Å². The molecule has 6 heteroatoms. The monoisotopic (exact) mass is 304 g/mol. The molecule has 0 saturated carbocycles. The van der Waals surface area contributed by atoms with Crippen LogP contribution < -0.4 is 10.1 Å². The number of nitrogens with zero attached hydrogens (tertiary/aromatic N) is 1. The second kappa shape index (κ2) is 7.76. The Morgan fingerprint density at radius 2 is 2.05 bits per heavy atom. The highest BCUT2D eigenvalue weighted by Gasteiger charge is 2.12. The SMILES string of the molecule is FC(F)Oc1ccc(Cl)cc1CNCCN1CCCC1. The average Bonchev–Trinajstić information content (AvgIpc) is 2.90. The highest BCUT2D eigenvalue weighted by Crippen LogP contribution is 2.24. The number of nitrogens with one attached hydrogen (secondary N) is 1. The number of alkyl halides is 2. The molecule has 0 atom stereocenters. The van der Waals surface area contributed by atoms with Gasteiger partial charge in [-0.1, -0.05) is 11.6 Å². The lowest BCUT2D eigenvalue weighted by Gasteiger charge is -2.16. The van der Waals surface area contributed by atoms with Crippen molar-refractivity contribution in [1.29, 1.82) is 0 Å². The van der Waals surface area contributed by atoms with Crippen molar-refractivity contribution in [2.24, 2.45) is 0 Å². The van der Waals surface area contributed by atoms with E-state index in [1.807, 2.05) is 0 Å².